The smallest absolute Gasteiger partial charge is 0.201 e. The fraction of sp³-hybridized carbons (Fsp3) is 0.250. The summed E-state index contributed by atoms with van der Waals surface area (Å²) in [5, 5.41) is 45.2. The van der Waals surface area contributed by atoms with Crippen LogP contribution in [0.3, 0.4) is 0 Å². The molecule has 0 amide bonds. The summed E-state index contributed by atoms with van der Waals surface area (Å²) in [6, 6.07) is 12.6. The molecule has 4 N–H and O–H groups in total. The maximum Gasteiger partial charge on any atom is 0.201 e. The summed E-state index contributed by atoms with van der Waals surface area (Å²) in [7, 11) is 0. The quantitative estimate of drug-likeness (QED) is 0.149. The molecule has 2 atom stereocenters. The molecule has 0 bridgehead atoms. The number of carbonyl (C=O) groups is 2. The summed E-state index contributed by atoms with van der Waals surface area (Å²) in [5.41, 5.74) is 4.95. The van der Waals surface area contributed by atoms with E-state index in [1.165, 1.54) is 24.3 Å². The molecular weight excluding hydrogens is 608 g/mol. The average molecular weight is 647 g/mol. The Morgan fingerprint density at radius 1 is 0.583 bits per heavy atom. The summed E-state index contributed by atoms with van der Waals surface area (Å²) in [6.45, 7) is 11.7. The fourth-order valence-corrected chi connectivity index (χ4v) is 6.95. The summed E-state index contributed by atoms with van der Waals surface area (Å²) in [5.74, 6) is -3.33. The Labute approximate surface area is 279 Å². The van der Waals surface area contributed by atoms with E-state index in [9.17, 15) is 30.0 Å². The maximum absolute atomic E-state index is 14.2. The van der Waals surface area contributed by atoms with E-state index in [4.69, 9.17) is 9.47 Å². The number of aromatic hydroxyl groups is 4. The Morgan fingerprint density at radius 2 is 0.958 bits per heavy atom. The summed E-state index contributed by atoms with van der Waals surface area (Å²) in [6.07, 6.45) is 3.78. The molecule has 0 heterocycles. The van der Waals surface area contributed by atoms with Crippen LogP contribution in [0.25, 0.3) is 0 Å². The molecule has 4 aromatic carbocycles. The van der Waals surface area contributed by atoms with E-state index >= 15 is 0 Å². The number of aryl methyl sites for hydroxylation is 2. The lowest BCUT2D eigenvalue weighted by molar-refractivity contribution is 0.101. The minimum Gasteiger partial charge on any atom is -0.507 e. The third-order valence-corrected chi connectivity index (χ3v) is 8.95. The summed E-state index contributed by atoms with van der Waals surface area (Å²) < 4.78 is 12.6. The SMILES string of the molecule is CC(C)=CCOc1ccc(O)c2c1C(C1c3cc(C)cc(O)c3C(=O)c3c(O)ccc(OCC=C(C)C)c31)c1cc(C)cc(O)c1C2=O. The van der Waals surface area contributed by atoms with Crippen molar-refractivity contribution in [3.63, 3.8) is 0 Å². The lowest BCUT2D eigenvalue weighted by Gasteiger charge is -2.39. The molecule has 2 unspecified atom stereocenters. The molecule has 0 fully saturated rings. The third kappa shape index (κ3) is 5.37. The molecule has 2 aliphatic rings. The zero-order chi connectivity index (χ0) is 34.6. The van der Waals surface area contributed by atoms with Crippen molar-refractivity contribution < 1.29 is 39.5 Å². The molecule has 0 saturated heterocycles. The number of hydrogen-bond donors (Lipinski definition) is 4. The van der Waals surface area contributed by atoms with Crippen molar-refractivity contribution in [3.8, 4) is 34.5 Å². The van der Waals surface area contributed by atoms with E-state index in [0.717, 1.165) is 11.1 Å². The number of carbonyl (C=O) groups excluding carboxylic acids is 2. The zero-order valence-electron chi connectivity index (χ0n) is 27.8. The van der Waals surface area contributed by atoms with Crippen LogP contribution in [0.4, 0.5) is 0 Å². The Morgan fingerprint density at radius 3 is 1.31 bits per heavy atom. The number of ketones is 2. The number of rotatable bonds is 7. The van der Waals surface area contributed by atoms with Gasteiger partial charge in [0.2, 0.25) is 11.6 Å². The number of phenols is 4. The molecule has 0 aliphatic heterocycles. The number of phenolic OH excluding ortho intramolecular Hbond substituents is 4. The third-order valence-electron chi connectivity index (χ3n) is 8.95. The van der Waals surface area contributed by atoms with Crippen LogP contribution in [0.2, 0.25) is 0 Å². The number of hydrogen-bond acceptors (Lipinski definition) is 8. The topological polar surface area (TPSA) is 134 Å². The maximum atomic E-state index is 14.2. The molecule has 0 spiro atoms. The predicted octanol–water partition coefficient (Wildman–Crippen LogP) is 7.87. The van der Waals surface area contributed by atoms with Crippen LogP contribution in [-0.4, -0.2) is 45.2 Å². The molecule has 0 radical (unpaired) electrons. The van der Waals surface area contributed by atoms with Crippen molar-refractivity contribution >= 4 is 11.6 Å². The monoisotopic (exact) mass is 646 g/mol. The molecule has 2 aliphatic carbocycles. The highest BCUT2D eigenvalue weighted by atomic mass is 16.5. The molecule has 246 valence electrons. The molecule has 8 nitrogen and oxygen atoms in total. The first-order valence-electron chi connectivity index (χ1n) is 15.8. The number of fused-ring (bicyclic) bond motifs is 4. The highest BCUT2D eigenvalue weighted by molar-refractivity contribution is 6.18. The van der Waals surface area contributed by atoms with Crippen molar-refractivity contribution in [2.24, 2.45) is 0 Å². The van der Waals surface area contributed by atoms with Gasteiger partial charge >= 0.3 is 0 Å². The molecule has 6 rings (SSSR count). The zero-order valence-corrected chi connectivity index (χ0v) is 27.8. The van der Waals surface area contributed by atoms with E-state index in [1.54, 1.807) is 26.0 Å². The normalized spacial score (nSPS) is 15.9. The van der Waals surface area contributed by atoms with Gasteiger partial charge < -0.3 is 29.9 Å². The van der Waals surface area contributed by atoms with Gasteiger partial charge in [0.1, 0.15) is 47.7 Å². The van der Waals surface area contributed by atoms with Gasteiger partial charge in [-0.1, -0.05) is 23.3 Å². The largest absolute Gasteiger partial charge is 0.507 e. The highest BCUT2D eigenvalue weighted by Crippen LogP contribution is 2.59. The van der Waals surface area contributed by atoms with E-state index < -0.39 is 23.4 Å². The predicted molar refractivity (Wildman–Crippen MR) is 182 cm³/mol. The van der Waals surface area contributed by atoms with Crippen LogP contribution in [-0.2, 0) is 0 Å². The number of ether oxygens (including phenoxy) is 2. The Hall–Kier alpha value is -5.50. The van der Waals surface area contributed by atoms with Gasteiger partial charge in [0.15, 0.2) is 0 Å². The van der Waals surface area contributed by atoms with E-state index in [-0.39, 0.29) is 58.5 Å². The number of allylic oxidation sites excluding steroid dienone is 2. The van der Waals surface area contributed by atoms with Gasteiger partial charge in [-0.25, -0.2) is 0 Å². The number of benzene rings is 4. The van der Waals surface area contributed by atoms with Gasteiger partial charge in [-0.2, -0.15) is 0 Å². The average Bonchev–Trinajstić information content (AvgIpc) is 2.99. The van der Waals surface area contributed by atoms with Gasteiger partial charge in [0, 0.05) is 23.0 Å². The Kier molecular flexibility index (Phi) is 8.29. The molecule has 4 aromatic rings. The van der Waals surface area contributed by atoms with E-state index in [0.29, 0.717) is 44.9 Å². The first kappa shape index (κ1) is 32.4. The molecular formula is C40H38O8. The van der Waals surface area contributed by atoms with Crippen LogP contribution < -0.4 is 9.47 Å². The van der Waals surface area contributed by atoms with Crippen molar-refractivity contribution in [2.75, 3.05) is 13.2 Å². The summed E-state index contributed by atoms with van der Waals surface area (Å²) in [4.78, 5) is 28.5. The standard InChI is InChI=1S/C40H38O8/c1-19(2)11-13-47-29-9-7-25(41)35-37(29)33(23-15-21(5)17-27(43)31(23)39(35)45)34-24-16-22(6)18-28(44)32(24)40(46)36-26(42)8-10-30(38(34)36)48-14-12-20(3)4/h7-12,15-18,33-34,41-44H,13-14H2,1-6H3. The minimum atomic E-state index is -0.869. The fourth-order valence-electron chi connectivity index (χ4n) is 6.95. The lowest BCUT2D eigenvalue weighted by Crippen LogP contribution is -2.30. The second-order valence-corrected chi connectivity index (χ2v) is 13.0. The Bertz CT molecular complexity index is 1930. The van der Waals surface area contributed by atoms with Crippen LogP contribution in [0.15, 0.2) is 71.8 Å². The van der Waals surface area contributed by atoms with Crippen molar-refractivity contribution in [3.05, 3.63) is 127 Å². The second kappa shape index (κ2) is 12.3. The first-order valence-corrected chi connectivity index (χ1v) is 15.8. The van der Waals surface area contributed by atoms with Gasteiger partial charge in [0.25, 0.3) is 0 Å². The molecule has 0 aromatic heterocycles. The van der Waals surface area contributed by atoms with E-state index in [2.05, 4.69) is 0 Å². The molecule has 0 saturated carbocycles. The Balaban J connectivity index is 1.77. The lowest BCUT2D eigenvalue weighted by atomic mass is 9.63. The second-order valence-electron chi connectivity index (χ2n) is 13.0. The van der Waals surface area contributed by atoms with Gasteiger partial charge in [-0.15, -0.1) is 0 Å². The summed E-state index contributed by atoms with van der Waals surface area (Å²) >= 11 is 0. The first-order chi connectivity index (χ1) is 22.8. The minimum absolute atomic E-state index is 0.0129. The van der Waals surface area contributed by atoms with Crippen molar-refractivity contribution in [1.82, 2.24) is 0 Å². The van der Waals surface area contributed by atoms with Gasteiger partial charge in [0.05, 0.1) is 22.3 Å². The van der Waals surface area contributed by atoms with Gasteiger partial charge in [-0.3, -0.25) is 9.59 Å². The van der Waals surface area contributed by atoms with Crippen LogP contribution >= 0.6 is 0 Å². The van der Waals surface area contributed by atoms with Gasteiger partial charge in [-0.05, 0) is 112 Å². The van der Waals surface area contributed by atoms with Crippen molar-refractivity contribution in [1.29, 1.82) is 0 Å². The molecule has 48 heavy (non-hydrogen) atoms. The van der Waals surface area contributed by atoms with E-state index in [1.807, 2.05) is 52.0 Å². The van der Waals surface area contributed by atoms with Crippen LogP contribution in [0.5, 0.6) is 34.5 Å². The van der Waals surface area contributed by atoms with Crippen molar-refractivity contribution in [2.45, 2.75) is 53.4 Å². The highest BCUT2D eigenvalue weighted by Gasteiger charge is 2.48. The van der Waals surface area contributed by atoms with Crippen LogP contribution in [0, 0.1) is 13.8 Å². The molecule has 8 heteroatoms. The van der Waals surface area contributed by atoms with Crippen LogP contribution in [0.1, 0.15) is 105 Å².